The standard InChI is InChI=1S/C17H27N3O3S.ClH/c1-3-13(2)16(18)17(21)19-14-8-7-9-15(12-14)24(22,23)20-10-5-4-6-11-20;/h7-9,12-13,16H,3-6,10-11,18H2,1-2H3,(H,19,21);1H. The van der Waals surface area contributed by atoms with Crippen LogP contribution in [0.2, 0.25) is 0 Å². The number of anilines is 1. The van der Waals surface area contributed by atoms with Gasteiger partial charge >= 0.3 is 0 Å². The summed E-state index contributed by atoms with van der Waals surface area (Å²) in [6, 6.07) is 5.77. The molecule has 0 bridgehead atoms. The molecular formula is C17H28ClN3O3S. The third-order valence-electron chi connectivity index (χ3n) is 4.61. The zero-order chi connectivity index (χ0) is 17.7. The predicted octanol–water partition coefficient (Wildman–Crippen LogP) is 2.59. The normalized spacial score (nSPS) is 18.0. The van der Waals surface area contributed by atoms with Crippen LogP contribution in [-0.2, 0) is 14.8 Å². The number of halogens is 1. The van der Waals surface area contributed by atoms with Crippen molar-refractivity contribution in [2.45, 2.75) is 50.5 Å². The Hall–Kier alpha value is -1.15. The second kappa shape index (κ2) is 9.52. The molecule has 1 amide bonds. The number of hydrogen-bond donors (Lipinski definition) is 2. The molecule has 8 heteroatoms. The van der Waals surface area contributed by atoms with E-state index in [1.54, 1.807) is 18.2 Å². The van der Waals surface area contributed by atoms with Gasteiger partial charge in [0.1, 0.15) is 0 Å². The quantitative estimate of drug-likeness (QED) is 0.782. The Morgan fingerprint density at radius 2 is 1.92 bits per heavy atom. The average molecular weight is 390 g/mol. The molecule has 1 heterocycles. The Morgan fingerprint density at radius 3 is 2.52 bits per heavy atom. The number of hydrogen-bond acceptors (Lipinski definition) is 4. The van der Waals surface area contributed by atoms with Crippen molar-refractivity contribution in [1.82, 2.24) is 4.31 Å². The molecule has 1 aliphatic rings. The number of rotatable bonds is 6. The monoisotopic (exact) mass is 389 g/mol. The van der Waals surface area contributed by atoms with Crippen molar-refractivity contribution in [3.05, 3.63) is 24.3 Å². The van der Waals surface area contributed by atoms with Gasteiger partial charge in [0.05, 0.1) is 10.9 Å². The van der Waals surface area contributed by atoms with Crippen LogP contribution >= 0.6 is 12.4 Å². The van der Waals surface area contributed by atoms with E-state index in [0.29, 0.717) is 18.8 Å². The van der Waals surface area contributed by atoms with Gasteiger partial charge in [0.25, 0.3) is 0 Å². The molecule has 142 valence electrons. The molecule has 6 nitrogen and oxygen atoms in total. The number of nitrogens with zero attached hydrogens (tertiary/aromatic N) is 1. The summed E-state index contributed by atoms with van der Waals surface area (Å²) in [4.78, 5) is 12.4. The molecule has 1 aliphatic heterocycles. The van der Waals surface area contributed by atoms with Crippen molar-refractivity contribution in [2.75, 3.05) is 18.4 Å². The zero-order valence-corrected chi connectivity index (χ0v) is 16.4. The van der Waals surface area contributed by atoms with Gasteiger partial charge in [-0.1, -0.05) is 32.8 Å². The van der Waals surface area contributed by atoms with E-state index in [0.717, 1.165) is 25.7 Å². The van der Waals surface area contributed by atoms with Gasteiger partial charge in [0, 0.05) is 18.8 Å². The van der Waals surface area contributed by atoms with Crippen molar-refractivity contribution in [3.63, 3.8) is 0 Å². The van der Waals surface area contributed by atoms with Gasteiger partial charge < -0.3 is 11.1 Å². The molecule has 3 N–H and O–H groups in total. The lowest BCUT2D eigenvalue weighted by Crippen LogP contribution is -2.40. The topological polar surface area (TPSA) is 92.5 Å². The van der Waals surface area contributed by atoms with Crippen LogP contribution in [0, 0.1) is 5.92 Å². The highest BCUT2D eigenvalue weighted by atomic mass is 35.5. The molecule has 1 aromatic carbocycles. The summed E-state index contributed by atoms with van der Waals surface area (Å²) in [6.07, 6.45) is 3.65. The smallest absolute Gasteiger partial charge is 0.243 e. The van der Waals surface area contributed by atoms with Gasteiger partial charge in [-0.2, -0.15) is 4.31 Å². The molecule has 0 aliphatic carbocycles. The molecule has 2 rings (SSSR count). The third kappa shape index (κ3) is 5.41. The van der Waals surface area contributed by atoms with Crippen LogP contribution in [-0.4, -0.2) is 37.8 Å². The van der Waals surface area contributed by atoms with Crippen molar-refractivity contribution >= 4 is 34.0 Å². The third-order valence-corrected chi connectivity index (χ3v) is 6.51. The number of piperidine rings is 1. The largest absolute Gasteiger partial charge is 0.325 e. The van der Waals surface area contributed by atoms with Crippen LogP contribution in [0.1, 0.15) is 39.5 Å². The molecule has 0 spiro atoms. The second-order valence-electron chi connectivity index (χ2n) is 6.39. The summed E-state index contributed by atoms with van der Waals surface area (Å²) in [5.41, 5.74) is 6.38. The van der Waals surface area contributed by atoms with Crippen LogP contribution in [0.5, 0.6) is 0 Å². The minimum Gasteiger partial charge on any atom is -0.325 e. The Kier molecular flexibility index (Phi) is 8.34. The van der Waals surface area contributed by atoms with Crippen LogP contribution in [0.25, 0.3) is 0 Å². The molecule has 2 unspecified atom stereocenters. The van der Waals surface area contributed by atoms with E-state index in [1.807, 2.05) is 13.8 Å². The maximum Gasteiger partial charge on any atom is 0.243 e. The minimum absolute atomic E-state index is 0. The van der Waals surface area contributed by atoms with E-state index in [4.69, 9.17) is 5.73 Å². The first-order valence-electron chi connectivity index (χ1n) is 8.53. The van der Waals surface area contributed by atoms with Gasteiger partial charge in [-0.3, -0.25) is 4.79 Å². The summed E-state index contributed by atoms with van der Waals surface area (Å²) in [7, 11) is -3.51. The molecular weight excluding hydrogens is 362 g/mol. The van der Waals surface area contributed by atoms with Crippen molar-refractivity contribution in [2.24, 2.45) is 11.7 Å². The van der Waals surface area contributed by atoms with Crippen LogP contribution in [0.15, 0.2) is 29.2 Å². The average Bonchev–Trinajstić information content (AvgIpc) is 2.61. The minimum atomic E-state index is -3.51. The van der Waals surface area contributed by atoms with Crippen molar-refractivity contribution < 1.29 is 13.2 Å². The lowest BCUT2D eigenvalue weighted by atomic mass is 9.99. The lowest BCUT2D eigenvalue weighted by molar-refractivity contribution is -0.118. The summed E-state index contributed by atoms with van der Waals surface area (Å²) < 4.78 is 26.9. The SMILES string of the molecule is CCC(C)C(N)C(=O)Nc1cccc(S(=O)(=O)N2CCCCC2)c1.Cl. The maximum atomic E-state index is 12.7. The van der Waals surface area contributed by atoms with Gasteiger partial charge in [0.15, 0.2) is 0 Å². The van der Waals surface area contributed by atoms with E-state index >= 15 is 0 Å². The van der Waals surface area contributed by atoms with E-state index in [9.17, 15) is 13.2 Å². The van der Waals surface area contributed by atoms with E-state index in [1.165, 1.54) is 10.4 Å². The molecule has 25 heavy (non-hydrogen) atoms. The van der Waals surface area contributed by atoms with Crippen LogP contribution in [0.4, 0.5) is 5.69 Å². The van der Waals surface area contributed by atoms with Crippen molar-refractivity contribution in [3.8, 4) is 0 Å². The molecule has 1 saturated heterocycles. The van der Waals surface area contributed by atoms with Crippen LogP contribution in [0.3, 0.4) is 0 Å². The first-order chi connectivity index (χ1) is 11.4. The van der Waals surface area contributed by atoms with Gasteiger partial charge in [0.2, 0.25) is 15.9 Å². The number of amides is 1. The van der Waals surface area contributed by atoms with Gasteiger partial charge in [-0.05, 0) is 37.0 Å². The Balaban J connectivity index is 0.00000312. The summed E-state index contributed by atoms with van der Waals surface area (Å²) in [5.74, 6) is -0.234. The Labute approximate surface area is 156 Å². The summed E-state index contributed by atoms with van der Waals surface area (Å²) in [6.45, 7) is 5.00. The molecule has 1 fully saturated rings. The second-order valence-corrected chi connectivity index (χ2v) is 8.33. The molecule has 2 atom stereocenters. The van der Waals surface area contributed by atoms with Crippen LogP contribution < -0.4 is 11.1 Å². The fourth-order valence-electron chi connectivity index (χ4n) is 2.73. The predicted molar refractivity (Wildman–Crippen MR) is 102 cm³/mol. The van der Waals surface area contributed by atoms with E-state index < -0.39 is 16.1 Å². The number of benzene rings is 1. The number of carbonyl (C=O) groups is 1. The van der Waals surface area contributed by atoms with Crippen molar-refractivity contribution in [1.29, 1.82) is 0 Å². The number of sulfonamides is 1. The maximum absolute atomic E-state index is 12.7. The van der Waals surface area contributed by atoms with Gasteiger partial charge in [-0.15, -0.1) is 12.4 Å². The summed E-state index contributed by atoms with van der Waals surface area (Å²) >= 11 is 0. The molecule has 0 aromatic heterocycles. The lowest BCUT2D eigenvalue weighted by Gasteiger charge is -2.26. The molecule has 1 aromatic rings. The van der Waals surface area contributed by atoms with E-state index in [-0.39, 0.29) is 29.1 Å². The highest BCUT2D eigenvalue weighted by Gasteiger charge is 2.26. The number of carbonyl (C=O) groups excluding carboxylic acids is 1. The first kappa shape index (κ1) is 21.9. The van der Waals surface area contributed by atoms with E-state index in [2.05, 4.69) is 5.32 Å². The molecule has 0 saturated carbocycles. The van der Waals surface area contributed by atoms with Gasteiger partial charge in [-0.25, -0.2) is 8.42 Å². The number of nitrogens with one attached hydrogen (secondary N) is 1. The highest BCUT2D eigenvalue weighted by Crippen LogP contribution is 2.23. The highest BCUT2D eigenvalue weighted by molar-refractivity contribution is 7.89. The zero-order valence-electron chi connectivity index (χ0n) is 14.8. The Morgan fingerprint density at radius 1 is 1.28 bits per heavy atom. The fourth-order valence-corrected chi connectivity index (χ4v) is 4.29. The number of nitrogens with two attached hydrogens (primary N) is 1. The Bertz CT molecular complexity index is 675. The first-order valence-corrected chi connectivity index (χ1v) is 9.97. The summed E-state index contributed by atoms with van der Waals surface area (Å²) in [5, 5.41) is 2.73. The molecule has 0 radical (unpaired) electrons. The fraction of sp³-hybridized carbons (Fsp3) is 0.588.